The molecule has 1 amide bonds. The average Bonchev–Trinajstić information content (AvgIpc) is 2.54. The fraction of sp³-hybridized carbons (Fsp3) is 0.250. The molecule has 0 saturated heterocycles. The number of amides is 1. The number of rotatable bonds is 7. The third kappa shape index (κ3) is 5.16. The molecule has 0 bridgehead atoms. The van der Waals surface area contributed by atoms with Crippen LogP contribution in [0, 0.1) is 13.8 Å². The Morgan fingerprint density at radius 2 is 1.88 bits per heavy atom. The largest absolute Gasteiger partial charge is 0.487 e. The van der Waals surface area contributed by atoms with Crippen molar-refractivity contribution in [1.29, 1.82) is 0 Å². The van der Waals surface area contributed by atoms with E-state index in [4.69, 9.17) is 4.74 Å². The Morgan fingerprint density at radius 1 is 1.12 bits per heavy atom. The molecule has 0 atom stereocenters. The van der Waals surface area contributed by atoms with Crippen LogP contribution in [0.4, 0.5) is 11.4 Å². The zero-order chi connectivity index (χ0) is 17.5. The summed E-state index contributed by atoms with van der Waals surface area (Å²) in [6.07, 6.45) is 0. The number of benzene rings is 2. The molecule has 2 N–H and O–H groups in total. The van der Waals surface area contributed by atoms with Crippen molar-refractivity contribution >= 4 is 17.3 Å². The van der Waals surface area contributed by atoms with Crippen LogP contribution in [0.15, 0.2) is 54.6 Å². The Morgan fingerprint density at radius 3 is 2.58 bits per heavy atom. The van der Waals surface area contributed by atoms with Gasteiger partial charge in [-0.3, -0.25) is 4.79 Å². The standard InChI is InChI=1S/C20H24N2O2/c1-14(2)13-24-19-8-6-5-7-18(19)21-12-20(23)22-17-10-9-15(3)11-16(17)4/h5-11,21H,1,12-13H2,2-4H3,(H,22,23). The van der Waals surface area contributed by atoms with Gasteiger partial charge in [-0.25, -0.2) is 0 Å². The molecular weight excluding hydrogens is 300 g/mol. The number of anilines is 2. The molecule has 0 heterocycles. The van der Waals surface area contributed by atoms with E-state index in [-0.39, 0.29) is 12.5 Å². The van der Waals surface area contributed by atoms with Gasteiger partial charge in [0, 0.05) is 5.69 Å². The summed E-state index contributed by atoms with van der Waals surface area (Å²) in [5, 5.41) is 6.04. The number of para-hydroxylation sites is 2. The van der Waals surface area contributed by atoms with Crippen LogP contribution >= 0.6 is 0 Å². The maximum absolute atomic E-state index is 12.2. The predicted molar refractivity (Wildman–Crippen MR) is 99.8 cm³/mol. The highest BCUT2D eigenvalue weighted by Gasteiger charge is 2.07. The number of ether oxygens (including phenoxy) is 1. The third-order valence-corrected chi connectivity index (χ3v) is 3.46. The Bertz CT molecular complexity index is 738. The van der Waals surface area contributed by atoms with Crippen molar-refractivity contribution in [3.63, 3.8) is 0 Å². The summed E-state index contributed by atoms with van der Waals surface area (Å²) in [5.41, 5.74) is 4.78. The van der Waals surface area contributed by atoms with Gasteiger partial charge in [-0.15, -0.1) is 0 Å². The quantitative estimate of drug-likeness (QED) is 0.746. The van der Waals surface area contributed by atoms with E-state index >= 15 is 0 Å². The second-order valence-electron chi connectivity index (χ2n) is 5.96. The van der Waals surface area contributed by atoms with Gasteiger partial charge in [0.05, 0.1) is 12.2 Å². The number of carbonyl (C=O) groups excluding carboxylic acids is 1. The van der Waals surface area contributed by atoms with Crippen LogP contribution in [-0.4, -0.2) is 19.1 Å². The molecule has 0 spiro atoms. The number of carbonyl (C=O) groups is 1. The third-order valence-electron chi connectivity index (χ3n) is 3.46. The SMILES string of the molecule is C=C(C)COc1ccccc1NCC(=O)Nc1ccc(C)cc1C. The molecule has 4 nitrogen and oxygen atoms in total. The summed E-state index contributed by atoms with van der Waals surface area (Å²) >= 11 is 0. The molecule has 0 radical (unpaired) electrons. The highest BCUT2D eigenvalue weighted by Crippen LogP contribution is 2.24. The number of aryl methyl sites for hydroxylation is 2. The van der Waals surface area contributed by atoms with Crippen LogP contribution in [0.5, 0.6) is 5.75 Å². The molecule has 0 aromatic heterocycles. The molecule has 24 heavy (non-hydrogen) atoms. The van der Waals surface area contributed by atoms with Crippen molar-refractivity contribution in [2.24, 2.45) is 0 Å². The second-order valence-corrected chi connectivity index (χ2v) is 5.96. The molecule has 2 aromatic rings. The minimum Gasteiger partial charge on any atom is -0.487 e. The first kappa shape index (κ1) is 17.6. The topological polar surface area (TPSA) is 50.4 Å². The highest BCUT2D eigenvalue weighted by molar-refractivity contribution is 5.94. The molecule has 2 aromatic carbocycles. The van der Waals surface area contributed by atoms with Crippen LogP contribution in [0.1, 0.15) is 18.1 Å². The van der Waals surface area contributed by atoms with E-state index in [1.807, 2.05) is 63.2 Å². The maximum Gasteiger partial charge on any atom is 0.243 e. The molecule has 0 saturated carbocycles. The van der Waals surface area contributed by atoms with Crippen molar-refractivity contribution in [2.45, 2.75) is 20.8 Å². The molecule has 0 aliphatic rings. The van der Waals surface area contributed by atoms with Crippen LogP contribution in [0.2, 0.25) is 0 Å². The lowest BCUT2D eigenvalue weighted by Gasteiger charge is -2.14. The average molecular weight is 324 g/mol. The number of nitrogens with one attached hydrogen (secondary N) is 2. The van der Waals surface area contributed by atoms with E-state index in [9.17, 15) is 4.79 Å². The number of hydrogen-bond donors (Lipinski definition) is 2. The van der Waals surface area contributed by atoms with Gasteiger partial charge in [-0.2, -0.15) is 0 Å². The normalized spacial score (nSPS) is 10.1. The Kier molecular flexibility index (Phi) is 6.01. The van der Waals surface area contributed by atoms with Gasteiger partial charge < -0.3 is 15.4 Å². The maximum atomic E-state index is 12.2. The molecule has 0 unspecified atom stereocenters. The summed E-state index contributed by atoms with van der Waals surface area (Å²) < 4.78 is 5.69. The first-order valence-electron chi connectivity index (χ1n) is 7.93. The van der Waals surface area contributed by atoms with Gasteiger partial charge >= 0.3 is 0 Å². The second kappa shape index (κ2) is 8.20. The van der Waals surface area contributed by atoms with Gasteiger partial charge in [0.2, 0.25) is 5.91 Å². The molecule has 0 aliphatic heterocycles. The van der Waals surface area contributed by atoms with Crippen molar-refractivity contribution < 1.29 is 9.53 Å². The van der Waals surface area contributed by atoms with Gasteiger partial charge in [0.25, 0.3) is 0 Å². The first-order chi connectivity index (χ1) is 11.5. The molecule has 0 aliphatic carbocycles. The van der Waals surface area contributed by atoms with E-state index in [2.05, 4.69) is 17.2 Å². The fourth-order valence-electron chi connectivity index (χ4n) is 2.26. The summed E-state index contributed by atoms with van der Waals surface area (Å²) in [4.78, 5) is 12.2. The lowest BCUT2D eigenvalue weighted by Crippen LogP contribution is -2.22. The minimum atomic E-state index is -0.100. The van der Waals surface area contributed by atoms with E-state index in [1.54, 1.807) is 0 Å². The number of hydrogen-bond acceptors (Lipinski definition) is 3. The van der Waals surface area contributed by atoms with Crippen LogP contribution in [0.3, 0.4) is 0 Å². The van der Waals surface area contributed by atoms with Crippen molar-refractivity contribution in [3.8, 4) is 5.75 Å². The van der Waals surface area contributed by atoms with E-state index in [1.165, 1.54) is 5.56 Å². The van der Waals surface area contributed by atoms with Crippen LogP contribution in [0.25, 0.3) is 0 Å². The first-order valence-corrected chi connectivity index (χ1v) is 7.93. The zero-order valence-corrected chi connectivity index (χ0v) is 14.5. The van der Waals surface area contributed by atoms with Gasteiger partial charge in [-0.1, -0.05) is 36.4 Å². The van der Waals surface area contributed by atoms with Gasteiger partial charge in [-0.05, 0) is 50.1 Å². The summed E-state index contributed by atoms with van der Waals surface area (Å²) in [6.45, 7) is 10.4. The zero-order valence-electron chi connectivity index (χ0n) is 14.5. The molecular formula is C20H24N2O2. The summed E-state index contributed by atoms with van der Waals surface area (Å²) in [5.74, 6) is 0.608. The summed E-state index contributed by atoms with van der Waals surface area (Å²) in [7, 11) is 0. The summed E-state index contributed by atoms with van der Waals surface area (Å²) in [6, 6.07) is 13.5. The Hall–Kier alpha value is -2.75. The van der Waals surface area contributed by atoms with E-state index < -0.39 is 0 Å². The Balaban J connectivity index is 1.95. The molecule has 4 heteroatoms. The molecule has 2 rings (SSSR count). The lowest BCUT2D eigenvalue weighted by atomic mass is 10.1. The predicted octanol–water partition coefficient (Wildman–Crippen LogP) is 4.31. The van der Waals surface area contributed by atoms with Gasteiger partial charge in [0.1, 0.15) is 12.4 Å². The van der Waals surface area contributed by atoms with Crippen LogP contribution in [-0.2, 0) is 4.79 Å². The van der Waals surface area contributed by atoms with Crippen LogP contribution < -0.4 is 15.4 Å². The van der Waals surface area contributed by atoms with E-state index in [0.29, 0.717) is 12.4 Å². The van der Waals surface area contributed by atoms with Crippen molar-refractivity contribution in [3.05, 3.63) is 65.7 Å². The van der Waals surface area contributed by atoms with Crippen molar-refractivity contribution in [2.75, 3.05) is 23.8 Å². The van der Waals surface area contributed by atoms with E-state index in [0.717, 1.165) is 22.5 Å². The highest BCUT2D eigenvalue weighted by atomic mass is 16.5. The van der Waals surface area contributed by atoms with Gasteiger partial charge in [0.15, 0.2) is 0 Å². The fourth-order valence-corrected chi connectivity index (χ4v) is 2.26. The monoisotopic (exact) mass is 324 g/mol. The lowest BCUT2D eigenvalue weighted by molar-refractivity contribution is -0.114. The van der Waals surface area contributed by atoms with Crippen molar-refractivity contribution in [1.82, 2.24) is 0 Å². The Labute approximate surface area is 143 Å². The molecule has 0 fully saturated rings. The minimum absolute atomic E-state index is 0.100. The molecule has 126 valence electrons. The smallest absolute Gasteiger partial charge is 0.243 e.